The molecule has 0 heterocycles. The van der Waals surface area contributed by atoms with Crippen LogP contribution >= 0.6 is 0 Å². The highest BCUT2D eigenvalue weighted by Gasteiger charge is 2.38. The van der Waals surface area contributed by atoms with E-state index in [9.17, 15) is 29.8 Å². The van der Waals surface area contributed by atoms with E-state index in [2.05, 4.69) is 9.47 Å². The molecule has 0 bridgehead atoms. The maximum Gasteiger partial charge on any atom is 0.381 e. The third-order valence-electron chi connectivity index (χ3n) is 2.34. The number of carbonyl (C=O) groups is 2. The van der Waals surface area contributed by atoms with Gasteiger partial charge in [-0.25, -0.2) is 9.59 Å². The summed E-state index contributed by atoms with van der Waals surface area (Å²) in [7, 11) is 0. The van der Waals surface area contributed by atoms with Crippen molar-refractivity contribution in [3.63, 3.8) is 0 Å². The Bertz CT molecular complexity index is 347. The van der Waals surface area contributed by atoms with Gasteiger partial charge in [0.25, 0.3) is 0 Å². The molecule has 114 valence electrons. The molecule has 0 amide bonds. The third-order valence-corrected chi connectivity index (χ3v) is 2.34. The molecular formula is C10H16N2O8. The number of nitrogens with zero attached hydrogens (tertiary/aromatic N) is 2. The lowest BCUT2D eigenvalue weighted by Crippen LogP contribution is -2.36. The van der Waals surface area contributed by atoms with Crippen LogP contribution in [0.15, 0.2) is 0 Å². The number of carbonyl (C=O) groups excluding carboxylic acids is 2. The van der Waals surface area contributed by atoms with Crippen molar-refractivity contribution in [3.05, 3.63) is 20.2 Å². The van der Waals surface area contributed by atoms with Crippen molar-refractivity contribution in [3.8, 4) is 0 Å². The maximum absolute atomic E-state index is 11.3. The average Bonchev–Trinajstić information content (AvgIpc) is 2.33. The standard InChI is InChI=1S/C10H16N2O8/c1-3-19-9(13)7(11(15)16)5-6-8(12(17)18)10(14)20-4-2/h7-8H,3-6H2,1-2H3. The van der Waals surface area contributed by atoms with Gasteiger partial charge >= 0.3 is 24.0 Å². The smallest absolute Gasteiger partial charge is 0.381 e. The maximum atomic E-state index is 11.3. The molecule has 0 saturated carbocycles. The molecule has 0 spiro atoms. The molecule has 10 heteroatoms. The second kappa shape index (κ2) is 8.77. The molecule has 0 rings (SSSR count). The van der Waals surface area contributed by atoms with Crippen LogP contribution in [0.2, 0.25) is 0 Å². The molecule has 0 aliphatic rings. The van der Waals surface area contributed by atoms with Gasteiger partial charge in [-0.05, 0) is 13.8 Å². The van der Waals surface area contributed by atoms with Crippen molar-refractivity contribution >= 4 is 11.9 Å². The fraction of sp³-hybridized carbons (Fsp3) is 0.800. The monoisotopic (exact) mass is 292 g/mol. The van der Waals surface area contributed by atoms with Crippen molar-refractivity contribution in [2.75, 3.05) is 13.2 Å². The zero-order valence-corrected chi connectivity index (χ0v) is 11.1. The molecule has 0 N–H and O–H groups in total. The van der Waals surface area contributed by atoms with E-state index in [1.807, 2.05) is 0 Å². The van der Waals surface area contributed by atoms with Gasteiger partial charge in [-0.1, -0.05) is 0 Å². The largest absolute Gasteiger partial charge is 0.461 e. The highest BCUT2D eigenvalue weighted by Crippen LogP contribution is 2.10. The first-order valence-electron chi connectivity index (χ1n) is 5.95. The van der Waals surface area contributed by atoms with E-state index < -0.39 is 46.7 Å². The Morgan fingerprint density at radius 1 is 0.900 bits per heavy atom. The van der Waals surface area contributed by atoms with Gasteiger partial charge in [-0.15, -0.1) is 0 Å². The highest BCUT2D eigenvalue weighted by molar-refractivity contribution is 5.75. The van der Waals surface area contributed by atoms with E-state index >= 15 is 0 Å². The van der Waals surface area contributed by atoms with E-state index in [4.69, 9.17) is 0 Å². The van der Waals surface area contributed by atoms with Crippen molar-refractivity contribution < 1.29 is 28.9 Å². The third kappa shape index (κ3) is 5.59. The predicted molar refractivity (Wildman–Crippen MR) is 64.1 cm³/mol. The summed E-state index contributed by atoms with van der Waals surface area (Å²) in [6, 6.07) is -3.46. The van der Waals surface area contributed by atoms with Gasteiger partial charge in [0.1, 0.15) is 0 Å². The lowest BCUT2D eigenvalue weighted by Gasteiger charge is -2.10. The normalized spacial score (nSPS) is 13.1. The lowest BCUT2D eigenvalue weighted by atomic mass is 10.1. The van der Waals surface area contributed by atoms with Gasteiger partial charge in [-0.2, -0.15) is 0 Å². The first-order valence-corrected chi connectivity index (χ1v) is 5.95. The van der Waals surface area contributed by atoms with Crippen molar-refractivity contribution in [1.29, 1.82) is 0 Å². The van der Waals surface area contributed by atoms with Crippen molar-refractivity contribution in [2.45, 2.75) is 38.8 Å². The summed E-state index contributed by atoms with van der Waals surface area (Å²) in [5, 5.41) is 21.4. The van der Waals surface area contributed by atoms with Crippen LogP contribution in [0.3, 0.4) is 0 Å². The van der Waals surface area contributed by atoms with Gasteiger partial charge in [0.2, 0.25) is 0 Å². The predicted octanol–water partition coefficient (Wildman–Crippen LogP) is 0.183. The summed E-state index contributed by atoms with van der Waals surface area (Å²) in [5.41, 5.74) is 0. The number of hydrogen-bond donors (Lipinski definition) is 0. The number of ether oxygens (including phenoxy) is 2. The summed E-state index contributed by atoms with van der Waals surface area (Å²) in [5.74, 6) is -2.16. The first kappa shape index (κ1) is 17.7. The SMILES string of the molecule is CCOC(=O)C(CCC(C(=O)OCC)[N+](=O)[O-])[N+](=O)[O-]. The first-order chi connectivity index (χ1) is 9.34. The Hall–Kier alpha value is -2.26. The summed E-state index contributed by atoms with van der Waals surface area (Å²) in [4.78, 5) is 42.3. The second-order valence-corrected chi connectivity index (χ2v) is 3.68. The van der Waals surface area contributed by atoms with Crippen molar-refractivity contribution in [2.24, 2.45) is 0 Å². The molecule has 2 atom stereocenters. The topological polar surface area (TPSA) is 139 Å². The van der Waals surface area contributed by atoms with Crippen LogP contribution in [0.4, 0.5) is 0 Å². The minimum absolute atomic E-state index is 0.0420. The zero-order valence-electron chi connectivity index (χ0n) is 11.1. The van der Waals surface area contributed by atoms with Crippen molar-refractivity contribution in [1.82, 2.24) is 0 Å². The molecular weight excluding hydrogens is 276 g/mol. The van der Waals surface area contributed by atoms with Crippen LogP contribution in [-0.4, -0.2) is 47.1 Å². The number of rotatable bonds is 9. The molecule has 0 fully saturated rings. The molecule has 10 nitrogen and oxygen atoms in total. The van der Waals surface area contributed by atoms with Crippen LogP contribution < -0.4 is 0 Å². The van der Waals surface area contributed by atoms with E-state index in [-0.39, 0.29) is 13.2 Å². The molecule has 0 aliphatic carbocycles. The Morgan fingerprint density at radius 2 is 1.20 bits per heavy atom. The molecule has 0 aromatic heterocycles. The van der Waals surface area contributed by atoms with Gasteiger partial charge in [-0.3, -0.25) is 20.2 Å². The lowest BCUT2D eigenvalue weighted by molar-refractivity contribution is -0.525. The molecule has 2 unspecified atom stereocenters. The van der Waals surface area contributed by atoms with Crippen LogP contribution in [0, 0.1) is 20.2 Å². The molecule has 0 saturated heterocycles. The molecule has 20 heavy (non-hydrogen) atoms. The fourth-order valence-electron chi connectivity index (χ4n) is 1.41. The zero-order chi connectivity index (χ0) is 15.7. The Balaban J connectivity index is 4.71. The van der Waals surface area contributed by atoms with E-state index in [1.54, 1.807) is 0 Å². The van der Waals surface area contributed by atoms with Gasteiger partial charge in [0, 0.05) is 22.7 Å². The number of nitro groups is 2. The summed E-state index contributed by atoms with van der Waals surface area (Å²) in [6.45, 7) is 2.88. The molecule has 0 aromatic carbocycles. The average molecular weight is 292 g/mol. The van der Waals surface area contributed by atoms with Crippen LogP contribution in [-0.2, 0) is 19.1 Å². The quantitative estimate of drug-likeness (QED) is 0.333. The Labute approximate surface area is 114 Å². The second-order valence-electron chi connectivity index (χ2n) is 3.68. The van der Waals surface area contributed by atoms with Crippen LogP contribution in [0.25, 0.3) is 0 Å². The van der Waals surface area contributed by atoms with E-state index in [0.29, 0.717) is 0 Å². The Morgan fingerprint density at radius 3 is 1.40 bits per heavy atom. The van der Waals surface area contributed by atoms with Gasteiger partial charge < -0.3 is 9.47 Å². The number of esters is 2. The highest BCUT2D eigenvalue weighted by atomic mass is 16.6. The Kier molecular flexibility index (Phi) is 7.78. The van der Waals surface area contributed by atoms with E-state index in [0.717, 1.165) is 0 Å². The number of hydrogen-bond acceptors (Lipinski definition) is 8. The molecule has 0 aromatic rings. The molecule has 0 radical (unpaired) electrons. The van der Waals surface area contributed by atoms with Gasteiger partial charge in [0.15, 0.2) is 0 Å². The summed E-state index contributed by atoms with van der Waals surface area (Å²) in [6.07, 6.45) is -0.952. The molecule has 0 aliphatic heterocycles. The van der Waals surface area contributed by atoms with E-state index in [1.165, 1.54) is 13.8 Å². The summed E-state index contributed by atoms with van der Waals surface area (Å²) >= 11 is 0. The van der Waals surface area contributed by atoms with Crippen LogP contribution in [0.1, 0.15) is 26.7 Å². The minimum atomic E-state index is -1.73. The summed E-state index contributed by atoms with van der Waals surface area (Å²) < 4.78 is 9.00. The van der Waals surface area contributed by atoms with Crippen LogP contribution in [0.5, 0.6) is 0 Å². The minimum Gasteiger partial charge on any atom is -0.461 e. The van der Waals surface area contributed by atoms with Gasteiger partial charge in [0.05, 0.1) is 13.2 Å². The fourth-order valence-corrected chi connectivity index (χ4v) is 1.41.